The van der Waals surface area contributed by atoms with Gasteiger partial charge in [0.2, 0.25) is 5.91 Å². The summed E-state index contributed by atoms with van der Waals surface area (Å²) in [5.41, 5.74) is 1.91. The number of nitrogens with one attached hydrogen (secondary N) is 1. The highest BCUT2D eigenvalue weighted by molar-refractivity contribution is 7.99. The number of carbonyl (C=O) groups is 1. The van der Waals surface area contributed by atoms with Gasteiger partial charge in [-0.05, 0) is 29.8 Å². The van der Waals surface area contributed by atoms with Crippen molar-refractivity contribution in [2.75, 3.05) is 24.6 Å². The SMILES string of the molecule is Cl.Cl.O=C(CC1CSCCN1)N(CCc1ccccn1)Cc1ccc(F)cc1. The van der Waals surface area contributed by atoms with Gasteiger partial charge in [-0.15, -0.1) is 24.8 Å². The molecule has 4 nitrogen and oxygen atoms in total. The molecule has 2 aromatic rings. The van der Waals surface area contributed by atoms with Crippen molar-refractivity contribution in [2.24, 2.45) is 0 Å². The summed E-state index contributed by atoms with van der Waals surface area (Å²) in [4.78, 5) is 19.1. The van der Waals surface area contributed by atoms with E-state index in [0.29, 0.717) is 25.9 Å². The molecule has 1 N–H and O–H groups in total. The second kappa shape index (κ2) is 13.0. The minimum Gasteiger partial charge on any atom is -0.338 e. The zero-order chi connectivity index (χ0) is 18.2. The Balaban J connectivity index is 0.00000196. The first-order chi connectivity index (χ1) is 12.7. The molecule has 1 aromatic heterocycles. The predicted molar refractivity (Wildman–Crippen MR) is 118 cm³/mol. The van der Waals surface area contributed by atoms with Gasteiger partial charge in [-0.25, -0.2) is 4.39 Å². The van der Waals surface area contributed by atoms with E-state index in [4.69, 9.17) is 0 Å². The van der Waals surface area contributed by atoms with Crippen LogP contribution in [0.3, 0.4) is 0 Å². The van der Waals surface area contributed by atoms with Crippen LogP contribution >= 0.6 is 36.6 Å². The number of aromatic nitrogens is 1. The third-order valence-electron chi connectivity index (χ3n) is 4.42. The summed E-state index contributed by atoms with van der Waals surface area (Å²) in [5, 5.41) is 3.42. The first-order valence-corrected chi connectivity index (χ1v) is 10.1. The molecular formula is C20H26Cl2FN3OS. The van der Waals surface area contributed by atoms with Gasteiger partial charge in [0, 0.05) is 61.9 Å². The number of rotatable bonds is 7. The van der Waals surface area contributed by atoms with Gasteiger partial charge in [-0.3, -0.25) is 9.78 Å². The van der Waals surface area contributed by atoms with Crippen molar-refractivity contribution in [3.05, 3.63) is 65.7 Å². The van der Waals surface area contributed by atoms with Crippen molar-refractivity contribution in [3.8, 4) is 0 Å². The predicted octanol–water partition coefficient (Wildman–Crippen LogP) is 3.73. The number of benzene rings is 1. The standard InChI is InChI=1S/C20H24FN3OS.2ClH/c21-17-6-4-16(5-7-17)14-24(11-8-18-3-1-2-9-22-18)20(25)13-19-15-26-12-10-23-19;;/h1-7,9,19,23H,8,10-15H2;2*1H. The molecule has 1 atom stereocenters. The Morgan fingerprint density at radius 3 is 2.64 bits per heavy atom. The number of amides is 1. The third-order valence-corrected chi connectivity index (χ3v) is 5.55. The first-order valence-electron chi connectivity index (χ1n) is 8.94. The monoisotopic (exact) mass is 445 g/mol. The highest BCUT2D eigenvalue weighted by Crippen LogP contribution is 2.14. The van der Waals surface area contributed by atoms with E-state index in [1.165, 1.54) is 12.1 Å². The summed E-state index contributed by atoms with van der Waals surface area (Å²) in [6.45, 7) is 2.05. The van der Waals surface area contributed by atoms with E-state index < -0.39 is 0 Å². The van der Waals surface area contributed by atoms with E-state index in [9.17, 15) is 9.18 Å². The lowest BCUT2D eigenvalue weighted by atomic mass is 10.1. The van der Waals surface area contributed by atoms with E-state index in [-0.39, 0.29) is 42.6 Å². The molecule has 8 heteroatoms. The molecule has 0 spiro atoms. The van der Waals surface area contributed by atoms with Crippen LogP contribution in [0.1, 0.15) is 17.7 Å². The van der Waals surface area contributed by atoms with E-state index in [1.807, 2.05) is 34.9 Å². The molecule has 1 saturated heterocycles. The van der Waals surface area contributed by atoms with Gasteiger partial charge >= 0.3 is 0 Å². The van der Waals surface area contributed by atoms with E-state index in [2.05, 4.69) is 10.3 Å². The average Bonchev–Trinajstić information content (AvgIpc) is 2.68. The number of carbonyl (C=O) groups excluding carboxylic acids is 1. The summed E-state index contributed by atoms with van der Waals surface area (Å²) in [7, 11) is 0. The second-order valence-corrected chi connectivity index (χ2v) is 7.59. The maximum atomic E-state index is 13.2. The fraction of sp³-hybridized carbons (Fsp3) is 0.400. The molecule has 1 unspecified atom stereocenters. The summed E-state index contributed by atoms with van der Waals surface area (Å²) < 4.78 is 13.2. The first kappa shape index (κ1) is 24.7. The van der Waals surface area contributed by atoms with Crippen LogP contribution in [0.25, 0.3) is 0 Å². The molecule has 2 heterocycles. The third kappa shape index (κ3) is 7.95. The Morgan fingerprint density at radius 2 is 2.00 bits per heavy atom. The molecule has 0 saturated carbocycles. The largest absolute Gasteiger partial charge is 0.338 e. The molecule has 0 radical (unpaired) electrons. The Labute approximate surface area is 182 Å². The second-order valence-electron chi connectivity index (χ2n) is 6.44. The number of hydrogen-bond donors (Lipinski definition) is 1. The molecule has 1 fully saturated rings. The zero-order valence-electron chi connectivity index (χ0n) is 15.6. The maximum Gasteiger partial charge on any atom is 0.224 e. The number of pyridine rings is 1. The Morgan fingerprint density at radius 1 is 1.21 bits per heavy atom. The van der Waals surface area contributed by atoms with Gasteiger partial charge in [-0.1, -0.05) is 18.2 Å². The summed E-state index contributed by atoms with van der Waals surface area (Å²) in [6.07, 6.45) is 2.97. The van der Waals surface area contributed by atoms with Crippen molar-refractivity contribution in [2.45, 2.75) is 25.4 Å². The molecule has 1 amide bonds. The molecule has 154 valence electrons. The van der Waals surface area contributed by atoms with Crippen LogP contribution < -0.4 is 5.32 Å². The van der Waals surface area contributed by atoms with Crippen LogP contribution in [0.2, 0.25) is 0 Å². The lowest BCUT2D eigenvalue weighted by Gasteiger charge is -2.27. The molecular weight excluding hydrogens is 420 g/mol. The fourth-order valence-electron chi connectivity index (χ4n) is 2.99. The Bertz CT molecular complexity index is 700. The quantitative estimate of drug-likeness (QED) is 0.704. The minimum absolute atomic E-state index is 0. The highest BCUT2D eigenvalue weighted by Gasteiger charge is 2.21. The van der Waals surface area contributed by atoms with Crippen LogP contribution in [0.5, 0.6) is 0 Å². The molecule has 28 heavy (non-hydrogen) atoms. The average molecular weight is 446 g/mol. The van der Waals surface area contributed by atoms with Crippen molar-refractivity contribution in [1.82, 2.24) is 15.2 Å². The minimum atomic E-state index is -0.261. The van der Waals surface area contributed by atoms with Crippen molar-refractivity contribution < 1.29 is 9.18 Å². The maximum absolute atomic E-state index is 13.2. The van der Waals surface area contributed by atoms with Gasteiger partial charge in [0.1, 0.15) is 5.82 Å². The summed E-state index contributed by atoms with van der Waals surface area (Å²) in [5.74, 6) is 1.94. The smallest absolute Gasteiger partial charge is 0.224 e. The van der Waals surface area contributed by atoms with Crippen LogP contribution in [0.4, 0.5) is 4.39 Å². The Hall–Kier alpha value is -1.34. The van der Waals surface area contributed by atoms with E-state index in [0.717, 1.165) is 29.3 Å². The normalized spacial score (nSPS) is 15.8. The molecule has 0 aliphatic carbocycles. The number of nitrogens with zero attached hydrogens (tertiary/aromatic N) is 2. The van der Waals surface area contributed by atoms with Crippen molar-refractivity contribution >= 4 is 42.5 Å². The van der Waals surface area contributed by atoms with Crippen LogP contribution in [0, 0.1) is 5.82 Å². The highest BCUT2D eigenvalue weighted by atomic mass is 35.5. The number of thioether (sulfide) groups is 1. The van der Waals surface area contributed by atoms with Crippen molar-refractivity contribution in [3.63, 3.8) is 0 Å². The summed E-state index contributed by atoms with van der Waals surface area (Å²) in [6, 6.07) is 12.4. The molecule has 0 bridgehead atoms. The van der Waals surface area contributed by atoms with Gasteiger partial charge in [0.25, 0.3) is 0 Å². The van der Waals surface area contributed by atoms with Crippen LogP contribution in [-0.4, -0.2) is 46.4 Å². The van der Waals surface area contributed by atoms with E-state index >= 15 is 0 Å². The van der Waals surface area contributed by atoms with Gasteiger partial charge in [-0.2, -0.15) is 11.8 Å². The van der Waals surface area contributed by atoms with Crippen LogP contribution in [0.15, 0.2) is 48.7 Å². The topological polar surface area (TPSA) is 45.2 Å². The van der Waals surface area contributed by atoms with Crippen molar-refractivity contribution in [1.29, 1.82) is 0 Å². The molecule has 1 aliphatic heterocycles. The van der Waals surface area contributed by atoms with Gasteiger partial charge < -0.3 is 10.2 Å². The molecule has 1 aromatic carbocycles. The fourth-order valence-corrected chi connectivity index (χ4v) is 3.94. The number of halogens is 3. The Kier molecular flexibility index (Phi) is 11.5. The van der Waals surface area contributed by atoms with E-state index in [1.54, 1.807) is 18.3 Å². The number of hydrogen-bond acceptors (Lipinski definition) is 4. The van der Waals surface area contributed by atoms with Crippen LogP contribution in [-0.2, 0) is 17.8 Å². The lowest BCUT2D eigenvalue weighted by molar-refractivity contribution is -0.132. The molecule has 1 aliphatic rings. The summed E-state index contributed by atoms with van der Waals surface area (Å²) >= 11 is 1.89. The lowest BCUT2D eigenvalue weighted by Crippen LogP contribution is -2.43. The van der Waals surface area contributed by atoms with Gasteiger partial charge in [0.05, 0.1) is 0 Å². The zero-order valence-corrected chi connectivity index (χ0v) is 18.0. The molecule has 3 rings (SSSR count). The van der Waals surface area contributed by atoms with Gasteiger partial charge in [0.15, 0.2) is 0 Å².